The third kappa shape index (κ3) is 5.51. The third-order valence-corrected chi connectivity index (χ3v) is 5.63. The van der Waals surface area contributed by atoms with E-state index < -0.39 is 0 Å². The second-order valence-corrected chi connectivity index (χ2v) is 7.76. The molecule has 1 heterocycles. The number of piperidine rings is 1. The minimum absolute atomic E-state index is 0.0643. The summed E-state index contributed by atoms with van der Waals surface area (Å²) in [6.45, 7) is 1.89. The minimum atomic E-state index is -0.313. The van der Waals surface area contributed by atoms with Gasteiger partial charge in [0.15, 0.2) is 0 Å². The Morgan fingerprint density at radius 2 is 1.39 bits per heavy atom. The molecule has 1 N–H and O–H groups in total. The van der Waals surface area contributed by atoms with Crippen molar-refractivity contribution in [2.75, 3.05) is 19.6 Å². The molecule has 5 heteroatoms. The molecule has 0 unspecified atom stereocenters. The van der Waals surface area contributed by atoms with Crippen molar-refractivity contribution in [1.82, 2.24) is 10.2 Å². The van der Waals surface area contributed by atoms with Crippen LogP contribution in [0.3, 0.4) is 0 Å². The summed E-state index contributed by atoms with van der Waals surface area (Å²) in [5.41, 5.74) is 2.88. The molecule has 0 radical (unpaired) electrons. The van der Waals surface area contributed by atoms with Crippen LogP contribution in [0.5, 0.6) is 5.75 Å². The van der Waals surface area contributed by atoms with Crippen LogP contribution >= 0.6 is 0 Å². The fourth-order valence-electron chi connectivity index (χ4n) is 3.76. The first-order valence-corrected chi connectivity index (χ1v) is 10.6. The van der Waals surface area contributed by atoms with Gasteiger partial charge in [0.25, 0.3) is 5.91 Å². The highest BCUT2D eigenvalue weighted by molar-refractivity contribution is 5.94. The van der Waals surface area contributed by atoms with Crippen LogP contribution in [0.15, 0.2) is 84.9 Å². The van der Waals surface area contributed by atoms with Gasteiger partial charge in [-0.25, -0.2) is 4.79 Å². The zero-order chi connectivity index (χ0) is 21.5. The number of hydrogen-bond acceptors (Lipinski definition) is 3. The lowest BCUT2D eigenvalue weighted by Crippen LogP contribution is -2.42. The number of likely N-dealkylation sites (tertiary alicyclic amines) is 1. The summed E-state index contributed by atoms with van der Waals surface area (Å²) in [5, 5.41) is 3.04. The minimum Gasteiger partial charge on any atom is -0.410 e. The maximum Gasteiger partial charge on any atom is 0.415 e. The van der Waals surface area contributed by atoms with Gasteiger partial charge in [0, 0.05) is 25.2 Å². The van der Waals surface area contributed by atoms with Crippen LogP contribution < -0.4 is 10.1 Å². The fraction of sp³-hybridized carbons (Fsp3) is 0.231. The average Bonchev–Trinajstić information content (AvgIpc) is 2.84. The monoisotopic (exact) mass is 414 g/mol. The molecule has 1 aliphatic heterocycles. The first-order valence-electron chi connectivity index (χ1n) is 10.6. The van der Waals surface area contributed by atoms with Crippen molar-refractivity contribution in [1.29, 1.82) is 0 Å². The van der Waals surface area contributed by atoms with Gasteiger partial charge in [-0.05, 0) is 54.2 Å². The SMILES string of the molecule is O=C(NCC1CCN(C(=O)Oc2ccccc2)CC1)c1ccc(-c2ccccc2)cc1. The highest BCUT2D eigenvalue weighted by Gasteiger charge is 2.24. The Morgan fingerprint density at radius 3 is 2.03 bits per heavy atom. The number of hydrogen-bond donors (Lipinski definition) is 1. The van der Waals surface area contributed by atoms with Gasteiger partial charge in [0.1, 0.15) is 5.75 Å². The molecule has 158 valence electrons. The molecule has 2 amide bonds. The van der Waals surface area contributed by atoms with Crippen molar-refractivity contribution in [2.45, 2.75) is 12.8 Å². The standard InChI is InChI=1S/C26H26N2O3/c29-25(23-13-11-22(12-14-23)21-7-3-1-4-8-21)27-19-20-15-17-28(18-16-20)26(30)31-24-9-5-2-6-10-24/h1-14,20H,15-19H2,(H,27,29). The van der Waals surface area contributed by atoms with Gasteiger partial charge in [-0.1, -0.05) is 60.7 Å². The summed E-state index contributed by atoms with van der Waals surface area (Å²) >= 11 is 0. The van der Waals surface area contributed by atoms with Crippen LogP contribution in [-0.2, 0) is 0 Å². The van der Waals surface area contributed by atoms with Crippen molar-refractivity contribution in [2.24, 2.45) is 5.92 Å². The summed E-state index contributed by atoms with van der Waals surface area (Å²) in [5.74, 6) is 0.846. The van der Waals surface area contributed by atoms with Crippen LogP contribution in [0.25, 0.3) is 11.1 Å². The number of carbonyl (C=O) groups is 2. The number of nitrogens with zero attached hydrogens (tertiary/aromatic N) is 1. The van der Waals surface area contributed by atoms with E-state index in [9.17, 15) is 9.59 Å². The number of benzene rings is 3. The van der Waals surface area contributed by atoms with Crippen molar-refractivity contribution in [3.8, 4) is 16.9 Å². The summed E-state index contributed by atoms with van der Waals surface area (Å²) in [6, 6.07) is 26.9. The number of para-hydroxylation sites is 1. The van der Waals surface area contributed by atoms with Gasteiger partial charge in [0.05, 0.1) is 0 Å². The zero-order valence-corrected chi connectivity index (χ0v) is 17.4. The lowest BCUT2D eigenvalue weighted by molar-refractivity contribution is 0.0931. The molecule has 5 nitrogen and oxygen atoms in total. The predicted octanol–water partition coefficient (Wildman–Crippen LogP) is 4.99. The van der Waals surface area contributed by atoms with Gasteiger partial charge in [0.2, 0.25) is 0 Å². The van der Waals surface area contributed by atoms with Gasteiger partial charge in [-0.2, -0.15) is 0 Å². The highest BCUT2D eigenvalue weighted by Crippen LogP contribution is 2.20. The van der Waals surface area contributed by atoms with Crippen LogP contribution in [0, 0.1) is 5.92 Å². The highest BCUT2D eigenvalue weighted by atomic mass is 16.6. The molecular formula is C26H26N2O3. The van der Waals surface area contributed by atoms with Crippen molar-refractivity contribution >= 4 is 12.0 Å². The van der Waals surface area contributed by atoms with E-state index in [1.54, 1.807) is 17.0 Å². The first-order chi connectivity index (χ1) is 15.2. The first kappa shape index (κ1) is 20.7. The van der Waals surface area contributed by atoms with Crippen molar-refractivity contribution < 1.29 is 14.3 Å². The van der Waals surface area contributed by atoms with Gasteiger partial charge < -0.3 is 15.0 Å². The van der Waals surface area contributed by atoms with E-state index in [-0.39, 0.29) is 12.0 Å². The number of ether oxygens (including phenoxy) is 1. The average molecular weight is 415 g/mol. The number of rotatable bonds is 5. The van der Waals surface area contributed by atoms with Crippen molar-refractivity contribution in [3.63, 3.8) is 0 Å². The molecule has 0 spiro atoms. The largest absolute Gasteiger partial charge is 0.415 e. The Labute approximate surface area is 182 Å². The Hall–Kier alpha value is -3.60. The predicted molar refractivity (Wildman–Crippen MR) is 121 cm³/mol. The Bertz CT molecular complexity index is 996. The number of nitrogens with one attached hydrogen (secondary N) is 1. The van der Waals surface area contributed by atoms with E-state index in [2.05, 4.69) is 17.4 Å². The maximum absolute atomic E-state index is 12.5. The molecule has 3 aromatic carbocycles. The van der Waals surface area contributed by atoms with Crippen LogP contribution in [0.2, 0.25) is 0 Å². The second kappa shape index (κ2) is 9.94. The lowest BCUT2D eigenvalue weighted by atomic mass is 9.97. The Balaban J connectivity index is 1.22. The van der Waals surface area contributed by atoms with Crippen LogP contribution in [0.4, 0.5) is 4.79 Å². The summed E-state index contributed by atoms with van der Waals surface area (Å²) in [6.07, 6.45) is 1.38. The van der Waals surface area contributed by atoms with Crippen molar-refractivity contribution in [3.05, 3.63) is 90.5 Å². The van der Waals surface area contributed by atoms with Crippen LogP contribution in [0.1, 0.15) is 23.2 Å². The molecule has 3 aromatic rings. The Morgan fingerprint density at radius 1 is 0.806 bits per heavy atom. The molecule has 1 aliphatic rings. The van der Waals surface area contributed by atoms with E-state index in [1.165, 1.54) is 0 Å². The molecule has 0 aromatic heterocycles. The lowest BCUT2D eigenvalue weighted by Gasteiger charge is -2.31. The molecule has 31 heavy (non-hydrogen) atoms. The molecule has 0 atom stereocenters. The fourth-order valence-corrected chi connectivity index (χ4v) is 3.76. The zero-order valence-electron chi connectivity index (χ0n) is 17.4. The summed E-state index contributed by atoms with van der Waals surface area (Å²) < 4.78 is 5.40. The van der Waals surface area contributed by atoms with Gasteiger partial charge >= 0.3 is 6.09 Å². The molecule has 0 saturated carbocycles. The number of carbonyl (C=O) groups excluding carboxylic acids is 2. The molecule has 0 bridgehead atoms. The van der Waals surface area contributed by atoms with E-state index in [1.807, 2.05) is 60.7 Å². The molecular weight excluding hydrogens is 388 g/mol. The van der Waals surface area contributed by atoms with E-state index in [4.69, 9.17) is 4.74 Å². The van der Waals surface area contributed by atoms with E-state index in [0.29, 0.717) is 36.9 Å². The van der Waals surface area contributed by atoms with Crippen LogP contribution in [-0.4, -0.2) is 36.5 Å². The van der Waals surface area contributed by atoms with E-state index >= 15 is 0 Å². The second-order valence-electron chi connectivity index (χ2n) is 7.76. The third-order valence-electron chi connectivity index (χ3n) is 5.63. The van der Waals surface area contributed by atoms with Gasteiger partial charge in [-0.15, -0.1) is 0 Å². The number of amides is 2. The summed E-state index contributed by atoms with van der Waals surface area (Å²) in [7, 11) is 0. The quantitative estimate of drug-likeness (QED) is 0.640. The molecule has 0 aliphatic carbocycles. The van der Waals surface area contributed by atoms with Gasteiger partial charge in [-0.3, -0.25) is 4.79 Å². The summed E-state index contributed by atoms with van der Waals surface area (Å²) in [4.78, 5) is 26.5. The molecule has 1 saturated heterocycles. The molecule has 4 rings (SSSR count). The van der Waals surface area contributed by atoms with E-state index in [0.717, 1.165) is 24.0 Å². The maximum atomic E-state index is 12.5. The Kier molecular flexibility index (Phi) is 6.62. The molecule has 1 fully saturated rings. The topological polar surface area (TPSA) is 58.6 Å². The smallest absolute Gasteiger partial charge is 0.410 e. The normalized spacial score (nSPS) is 14.1.